The molecule has 1 amide bonds. The first-order valence-electron chi connectivity index (χ1n) is 6.79. The van der Waals surface area contributed by atoms with Crippen LogP contribution in [0.3, 0.4) is 0 Å². The van der Waals surface area contributed by atoms with Crippen LogP contribution in [0.15, 0.2) is 24.8 Å². The van der Waals surface area contributed by atoms with Crippen LogP contribution in [0.2, 0.25) is 0 Å². The number of nitrogens with one attached hydrogen (secondary N) is 1. The quantitative estimate of drug-likeness (QED) is 0.777. The number of hydrogen-bond donors (Lipinski definition) is 3. The van der Waals surface area contributed by atoms with Crippen LogP contribution in [0.4, 0.5) is 4.79 Å². The first-order chi connectivity index (χ1) is 10.1. The van der Waals surface area contributed by atoms with Crippen LogP contribution >= 0.6 is 0 Å². The van der Waals surface area contributed by atoms with Gasteiger partial charge in [-0.25, -0.2) is 9.59 Å². The Kier molecular flexibility index (Phi) is 5.56. The molecule has 0 saturated heterocycles. The molecule has 1 atom stereocenters. The van der Waals surface area contributed by atoms with Gasteiger partial charge in [0, 0.05) is 12.0 Å². The summed E-state index contributed by atoms with van der Waals surface area (Å²) in [4.78, 5) is 23.0. The molecule has 6 nitrogen and oxygen atoms in total. The zero-order valence-corrected chi connectivity index (χ0v) is 12.9. The molecule has 0 unspecified atom stereocenters. The monoisotopic (exact) mass is 307 g/mol. The number of rotatable bonds is 5. The largest absolute Gasteiger partial charge is 0.507 e. The summed E-state index contributed by atoms with van der Waals surface area (Å²) in [6, 6.07) is 3.54. The van der Waals surface area contributed by atoms with Crippen molar-refractivity contribution in [1.82, 2.24) is 5.32 Å². The van der Waals surface area contributed by atoms with E-state index >= 15 is 0 Å². The van der Waals surface area contributed by atoms with Crippen molar-refractivity contribution in [1.29, 1.82) is 0 Å². The summed E-state index contributed by atoms with van der Waals surface area (Å²) in [6.45, 7) is 8.65. The minimum atomic E-state index is -1.17. The van der Waals surface area contributed by atoms with E-state index in [1.807, 2.05) is 0 Å². The maximum absolute atomic E-state index is 11.7. The average Bonchev–Trinajstić information content (AvgIpc) is 2.37. The zero-order valence-electron chi connectivity index (χ0n) is 12.9. The first kappa shape index (κ1) is 17.6. The Hall–Kier alpha value is -2.50. The van der Waals surface area contributed by atoms with E-state index in [-0.39, 0.29) is 12.2 Å². The van der Waals surface area contributed by atoms with Crippen LogP contribution in [0.25, 0.3) is 6.08 Å². The predicted molar refractivity (Wildman–Crippen MR) is 82.7 cm³/mol. The van der Waals surface area contributed by atoms with E-state index in [1.165, 1.54) is 12.1 Å². The van der Waals surface area contributed by atoms with Crippen LogP contribution in [0, 0.1) is 0 Å². The molecule has 1 aromatic carbocycles. The van der Waals surface area contributed by atoms with E-state index in [2.05, 4.69) is 11.9 Å². The van der Waals surface area contributed by atoms with Gasteiger partial charge in [-0.05, 0) is 38.5 Å². The second-order valence-electron chi connectivity index (χ2n) is 5.84. The summed E-state index contributed by atoms with van der Waals surface area (Å²) in [5.41, 5.74) is 0.442. The Bertz CT molecular complexity index is 574. The van der Waals surface area contributed by atoms with Gasteiger partial charge in [0.1, 0.15) is 17.4 Å². The number of benzene rings is 1. The second-order valence-corrected chi connectivity index (χ2v) is 5.84. The molecule has 3 N–H and O–H groups in total. The van der Waals surface area contributed by atoms with Crippen molar-refractivity contribution in [3.05, 3.63) is 35.9 Å². The van der Waals surface area contributed by atoms with Crippen molar-refractivity contribution in [2.45, 2.75) is 38.8 Å². The summed E-state index contributed by atoms with van der Waals surface area (Å²) in [5.74, 6) is -1.11. The van der Waals surface area contributed by atoms with Gasteiger partial charge in [-0.15, -0.1) is 0 Å². The summed E-state index contributed by atoms with van der Waals surface area (Å²) < 4.78 is 5.05. The molecule has 0 aromatic heterocycles. The maximum Gasteiger partial charge on any atom is 0.408 e. The minimum absolute atomic E-state index is 0.0609. The summed E-state index contributed by atoms with van der Waals surface area (Å²) in [6.07, 6.45) is 0.744. The number of amides is 1. The van der Waals surface area contributed by atoms with Gasteiger partial charge in [0.15, 0.2) is 0 Å². The van der Waals surface area contributed by atoms with Crippen LogP contribution in [0.1, 0.15) is 31.9 Å². The van der Waals surface area contributed by atoms with E-state index in [1.54, 1.807) is 32.9 Å². The van der Waals surface area contributed by atoms with Crippen LogP contribution in [-0.2, 0) is 16.0 Å². The highest BCUT2D eigenvalue weighted by Crippen LogP contribution is 2.20. The number of carbonyl (C=O) groups is 2. The van der Waals surface area contributed by atoms with Gasteiger partial charge in [-0.2, -0.15) is 0 Å². The van der Waals surface area contributed by atoms with Crippen molar-refractivity contribution in [2.24, 2.45) is 0 Å². The SMILES string of the molecule is C=Cc1cc(C[C@H](NC(=O)OC(C)(C)C)C(=O)O)ccc1O. The number of phenolic OH excluding ortho intramolecular Hbond substituents is 1. The highest BCUT2D eigenvalue weighted by atomic mass is 16.6. The number of carboxylic acids is 1. The summed E-state index contributed by atoms with van der Waals surface area (Å²) >= 11 is 0. The Labute approximate surface area is 129 Å². The maximum atomic E-state index is 11.7. The fraction of sp³-hybridized carbons (Fsp3) is 0.375. The number of alkyl carbamates (subject to hydrolysis) is 1. The van der Waals surface area contributed by atoms with Gasteiger partial charge in [-0.1, -0.05) is 18.7 Å². The summed E-state index contributed by atoms with van der Waals surface area (Å²) in [7, 11) is 0. The van der Waals surface area contributed by atoms with Crippen molar-refractivity contribution < 1.29 is 24.5 Å². The van der Waals surface area contributed by atoms with Crippen LogP contribution < -0.4 is 5.32 Å². The minimum Gasteiger partial charge on any atom is -0.507 e. The van der Waals surface area contributed by atoms with Gasteiger partial charge in [0.2, 0.25) is 0 Å². The summed E-state index contributed by atoms with van der Waals surface area (Å²) in [5, 5.41) is 21.1. The highest BCUT2D eigenvalue weighted by Gasteiger charge is 2.24. The number of carbonyl (C=O) groups excluding carboxylic acids is 1. The van der Waals surface area contributed by atoms with Crippen molar-refractivity contribution >= 4 is 18.1 Å². The second kappa shape index (κ2) is 6.98. The molecular weight excluding hydrogens is 286 g/mol. The van der Waals surface area contributed by atoms with Crippen molar-refractivity contribution in [3.63, 3.8) is 0 Å². The number of aromatic hydroxyl groups is 1. The lowest BCUT2D eigenvalue weighted by molar-refractivity contribution is -0.139. The normalized spacial score (nSPS) is 12.3. The molecule has 120 valence electrons. The van der Waals surface area contributed by atoms with E-state index < -0.39 is 23.7 Å². The molecule has 6 heteroatoms. The van der Waals surface area contributed by atoms with E-state index in [0.29, 0.717) is 11.1 Å². The van der Waals surface area contributed by atoms with Gasteiger partial charge in [0.05, 0.1) is 0 Å². The van der Waals surface area contributed by atoms with Crippen molar-refractivity contribution in [3.8, 4) is 5.75 Å². The number of carboxylic acid groups (broad SMARTS) is 1. The molecule has 0 aliphatic carbocycles. The van der Waals surface area contributed by atoms with Gasteiger partial charge < -0.3 is 20.3 Å². The lowest BCUT2D eigenvalue weighted by Crippen LogP contribution is -2.44. The number of hydrogen-bond acceptors (Lipinski definition) is 4. The van der Waals surface area contributed by atoms with Crippen LogP contribution in [-0.4, -0.2) is 33.9 Å². The fourth-order valence-electron chi connectivity index (χ4n) is 1.78. The Morgan fingerprint density at radius 3 is 2.55 bits per heavy atom. The van der Waals surface area contributed by atoms with E-state index in [9.17, 15) is 19.8 Å². The van der Waals surface area contributed by atoms with Gasteiger partial charge in [-0.3, -0.25) is 0 Å². The molecular formula is C16H21NO5. The lowest BCUT2D eigenvalue weighted by Gasteiger charge is -2.22. The zero-order chi connectivity index (χ0) is 16.9. The molecule has 0 heterocycles. The molecule has 0 saturated carbocycles. The predicted octanol–water partition coefficient (Wildman–Crippen LogP) is 2.56. The standard InChI is InChI=1S/C16H21NO5/c1-5-11-8-10(6-7-13(11)18)9-12(14(19)20)17-15(21)22-16(2,3)4/h5-8,12,18H,1,9H2,2-4H3,(H,17,21)(H,19,20)/t12-/m0/s1. The number of phenols is 1. The van der Waals surface area contributed by atoms with Gasteiger partial charge >= 0.3 is 12.1 Å². The number of aliphatic carboxylic acids is 1. The molecule has 22 heavy (non-hydrogen) atoms. The fourth-order valence-corrected chi connectivity index (χ4v) is 1.78. The van der Waals surface area contributed by atoms with Gasteiger partial charge in [0.25, 0.3) is 0 Å². The average molecular weight is 307 g/mol. The van der Waals surface area contributed by atoms with Crippen LogP contribution in [0.5, 0.6) is 5.75 Å². The Morgan fingerprint density at radius 1 is 1.41 bits per heavy atom. The van der Waals surface area contributed by atoms with E-state index in [4.69, 9.17) is 4.74 Å². The molecule has 1 aromatic rings. The highest BCUT2D eigenvalue weighted by molar-refractivity contribution is 5.80. The molecule has 0 aliphatic rings. The lowest BCUT2D eigenvalue weighted by atomic mass is 10.0. The smallest absolute Gasteiger partial charge is 0.408 e. The third-order valence-corrected chi connectivity index (χ3v) is 2.74. The molecule has 0 bridgehead atoms. The first-order valence-corrected chi connectivity index (χ1v) is 6.79. The molecule has 1 rings (SSSR count). The third kappa shape index (κ3) is 5.47. The Morgan fingerprint density at radius 2 is 2.05 bits per heavy atom. The molecule has 0 aliphatic heterocycles. The number of ether oxygens (including phenoxy) is 1. The van der Waals surface area contributed by atoms with E-state index in [0.717, 1.165) is 0 Å². The Balaban J connectivity index is 2.83. The topological polar surface area (TPSA) is 95.9 Å². The molecule has 0 radical (unpaired) electrons. The van der Waals surface area contributed by atoms with Crippen molar-refractivity contribution in [2.75, 3.05) is 0 Å². The molecule has 0 spiro atoms. The third-order valence-electron chi connectivity index (χ3n) is 2.74. The molecule has 0 fully saturated rings.